The van der Waals surface area contributed by atoms with E-state index in [-0.39, 0.29) is 0 Å². The zero-order chi connectivity index (χ0) is 8.93. The largest absolute Gasteiger partial charge is 0.265 e. The summed E-state index contributed by atoms with van der Waals surface area (Å²) in [7, 11) is 0. The van der Waals surface area contributed by atoms with Gasteiger partial charge in [0.25, 0.3) is 0 Å². The van der Waals surface area contributed by atoms with Crippen LogP contribution >= 0.6 is 0 Å². The van der Waals surface area contributed by atoms with Crippen molar-refractivity contribution in [1.29, 1.82) is 0 Å². The lowest BCUT2D eigenvalue weighted by molar-refractivity contribution is 0.934. The fourth-order valence-corrected chi connectivity index (χ4v) is 0.979. The van der Waals surface area contributed by atoms with Gasteiger partial charge in [-0.25, -0.2) is 0 Å². The summed E-state index contributed by atoms with van der Waals surface area (Å²) < 4.78 is 0. The van der Waals surface area contributed by atoms with Gasteiger partial charge in [0.1, 0.15) is 5.69 Å². The first kappa shape index (κ1) is 7.73. The molecule has 1 heterocycles. The van der Waals surface area contributed by atoms with Crippen LogP contribution < -0.4 is 0 Å². The average Bonchev–Trinajstić information content (AvgIpc) is 2.69. The van der Waals surface area contributed by atoms with Crippen LogP contribution in [0.5, 0.6) is 0 Å². The Balaban J connectivity index is 2.15. The molecule has 0 aliphatic carbocycles. The van der Waals surface area contributed by atoms with E-state index in [1.54, 1.807) is 6.20 Å². The normalized spacial score (nSPS) is 10.8. The molecule has 0 spiro atoms. The maximum Gasteiger partial charge on any atom is 0.113 e. The summed E-state index contributed by atoms with van der Waals surface area (Å²) in [5.41, 5.74) is 1.81. The highest BCUT2D eigenvalue weighted by Crippen LogP contribution is 2.02. The summed E-state index contributed by atoms with van der Waals surface area (Å²) in [6.07, 6.45) is 6.58. The van der Waals surface area contributed by atoms with Gasteiger partial charge in [0.15, 0.2) is 0 Å². The molecule has 63 valence electrons. The van der Waals surface area contributed by atoms with E-state index in [4.69, 9.17) is 0 Å². The highest BCUT2D eigenvalue weighted by Gasteiger charge is 1.88. The Morgan fingerprint density at radius 2 is 2.08 bits per heavy atom. The third-order valence-electron chi connectivity index (χ3n) is 1.60. The van der Waals surface area contributed by atoms with Crippen molar-refractivity contribution in [2.45, 2.75) is 0 Å². The van der Waals surface area contributed by atoms with Gasteiger partial charge in [0.05, 0.1) is 6.20 Å². The third-order valence-corrected chi connectivity index (χ3v) is 1.60. The van der Waals surface area contributed by atoms with E-state index >= 15 is 0 Å². The number of nitrogens with one attached hydrogen (secondary N) is 1. The molecule has 0 bridgehead atoms. The number of benzene rings is 1. The van der Waals surface area contributed by atoms with Gasteiger partial charge in [0.2, 0.25) is 0 Å². The minimum Gasteiger partial charge on any atom is -0.265 e. The molecular weight excluding hydrogens is 162 g/mol. The number of aromatic nitrogens is 3. The van der Waals surface area contributed by atoms with Gasteiger partial charge in [0, 0.05) is 6.08 Å². The van der Waals surface area contributed by atoms with E-state index in [1.165, 1.54) is 0 Å². The number of hydrogen-bond acceptors (Lipinski definition) is 2. The van der Waals surface area contributed by atoms with E-state index in [0.717, 1.165) is 5.56 Å². The third kappa shape index (κ3) is 2.02. The lowest BCUT2D eigenvalue weighted by Crippen LogP contribution is -1.74. The Kier molecular flexibility index (Phi) is 2.18. The first-order valence-electron chi connectivity index (χ1n) is 3.96. The summed E-state index contributed by atoms with van der Waals surface area (Å²) in [6.45, 7) is 0. The monoisotopic (exact) mass is 170 g/mol. The molecule has 0 fully saturated rings. The van der Waals surface area contributed by atoms with Crippen LogP contribution in [0.3, 0.4) is 0 Å². The molecule has 1 radical (unpaired) electrons. The highest BCUT2D eigenvalue weighted by molar-refractivity contribution is 5.49. The predicted octanol–water partition coefficient (Wildman–Crippen LogP) is 1.67. The standard InChI is InChI=1S/C10H8N3/c1-2-4-9(5-3-1)6-7-10-8-11-13-12-10/h1-6,8H,(H,11,12,13). The molecule has 0 aliphatic rings. The topological polar surface area (TPSA) is 41.6 Å². The molecule has 0 amide bonds. The van der Waals surface area contributed by atoms with Crippen molar-refractivity contribution in [2.24, 2.45) is 0 Å². The molecule has 0 unspecified atom stereocenters. The first-order valence-corrected chi connectivity index (χ1v) is 3.96. The van der Waals surface area contributed by atoms with E-state index in [2.05, 4.69) is 21.5 Å². The molecule has 13 heavy (non-hydrogen) atoms. The number of aromatic amines is 1. The smallest absolute Gasteiger partial charge is 0.113 e. The van der Waals surface area contributed by atoms with Gasteiger partial charge < -0.3 is 0 Å². The molecule has 0 saturated heterocycles. The minimum absolute atomic E-state index is 0.712. The zero-order valence-corrected chi connectivity index (χ0v) is 6.94. The number of H-pyrrole nitrogens is 1. The molecule has 0 saturated carbocycles. The Bertz CT molecular complexity index is 376. The number of hydrogen-bond donors (Lipinski definition) is 1. The number of rotatable bonds is 2. The van der Waals surface area contributed by atoms with Crippen LogP contribution in [-0.2, 0) is 0 Å². The lowest BCUT2D eigenvalue weighted by atomic mass is 10.2. The summed E-state index contributed by atoms with van der Waals surface area (Å²) >= 11 is 0. The summed E-state index contributed by atoms with van der Waals surface area (Å²) in [5.74, 6) is 0. The van der Waals surface area contributed by atoms with E-state index < -0.39 is 0 Å². The highest BCUT2D eigenvalue weighted by atomic mass is 15.3. The molecule has 1 aromatic carbocycles. The van der Waals surface area contributed by atoms with Crippen LogP contribution in [0.2, 0.25) is 0 Å². The molecule has 0 atom stereocenters. The molecule has 1 aromatic heterocycles. The Morgan fingerprint density at radius 3 is 2.77 bits per heavy atom. The lowest BCUT2D eigenvalue weighted by Gasteiger charge is -1.88. The van der Waals surface area contributed by atoms with Crippen LogP contribution in [0.1, 0.15) is 11.3 Å². The van der Waals surface area contributed by atoms with E-state index in [0.29, 0.717) is 5.69 Å². The molecule has 3 heteroatoms. The van der Waals surface area contributed by atoms with Crippen LogP contribution in [0, 0.1) is 6.08 Å². The maximum atomic E-state index is 3.78. The van der Waals surface area contributed by atoms with Gasteiger partial charge in [-0.2, -0.15) is 0 Å². The molecule has 1 N–H and O–H groups in total. The molecule has 3 nitrogen and oxygen atoms in total. The zero-order valence-electron chi connectivity index (χ0n) is 6.94. The quantitative estimate of drug-likeness (QED) is 0.744. The summed E-state index contributed by atoms with van der Waals surface area (Å²) in [6, 6.07) is 9.96. The molecule has 2 aromatic rings. The van der Waals surface area contributed by atoms with Crippen LogP contribution in [0.25, 0.3) is 6.08 Å². The van der Waals surface area contributed by atoms with Crippen LogP contribution in [0.15, 0.2) is 36.5 Å². The summed E-state index contributed by atoms with van der Waals surface area (Å²) in [4.78, 5) is 0. The average molecular weight is 170 g/mol. The van der Waals surface area contributed by atoms with E-state index in [9.17, 15) is 0 Å². The van der Waals surface area contributed by atoms with Gasteiger partial charge in [-0.15, -0.1) is 5.10 Å². The van der Waals surface area contributed by atoms with Crippen molar-refractivity contribution in [3.63, 3.8) is 0 Å². The van der Waals surface area contributed by atoms with Crippen molar-refractivity contribution in [2.75, 3.05) is 0 Å². The fraction of sp³-hybridized carbons (Fsp3) is 0. The second-order valence-corrected chi connectivity index (χ2v) is 2.56. The number of nitrogens with zero attached hydrogens (tertiary/aromatic N) is 2. The molecule has 2 rings (SSSR count). The first-order chi connectivity index (χ1) is 6.45. The Hall–Kier alpha value is -1.90. The van der Waals surface area contributed by atoms with Gasteiger partial charge >= 0.3 is 0 Å². The second-order valence-electron chi connectivity index (χ2n) is 2.56. The van der Waals surface area contributed by atoms with Gasteiger partial charge in [-0.1, -0.05) is 35.5 Å². The summed E-state index contributed by atoms with van der Waals surface area (Å²) in [5, 5.41) is 9.98. The fourth-order valence-electron chi connectivity index (χ4n) is 0.979. The van der Waals surface area contributed by atoms with Crippen LogP contribution in [-0.4, -0.2) is 15.4 Å². The Labute approximate surface area is 76.1 Å². The maximum absolute atomic E-state index is 3.78. The van der Waals surface area contributed by atoms with Crippen molar-refractivity contribution in [3.8, 4) is 0 Å². The van der Waals surface area contributed by atoms with Gasteiger partial charge in [-0.05, 0) is 11.6 Å². The van der Waals surface area contributed by atoms with Crippen LogP contribution in [0.4, 0.5) is 0 Å². The molecule has 0 aliphatic heterocycles. The van der Waals surface area contributed by atoms with Crippen molar-refractivity contribution in [1.82, 2.24) is 15.4 Å². The minimum atomic E-state index is 0.712. The molecular formula is C10H8N3. The van der Waals surface area contributed by atoms with Crippen molar-refractivity contribution in [3.05, 3.63) is 53.9 Å². The Morgan fingerprint density at radius 1 is 1.23 bits per heavy atom. The second kappa shape index (κ2) is 3.67. The van der Waals surface area contributed by atoms with E-state index in [1.807, 2.05) is 36.4 Å². The SMILES string of the molecule is [C](=Cc1ccccc1)c1c[nH]nn1. The van der Waals surface area contributed by atoms with Crippen molar-refractivity contribution < 1.29 is 0 Å². The predicted molar refractivity (Wildman–Crippen MR) is 49.6 cm³/mol. The van der Waals surface area contributed by atoms with Crippen molar-refractivity contribution >= 4 is 6.08 Å². The van der Waals surface area contributed by atoms with Gasteiger partial charge in [-0.3, -0.25) is 5.10 Å².